The molecule has 1 amide bonds. The number of rotatable bonds is 1. The van der Waals surface area contributed by atoms with Gasteiger partial charge in [0.15, 0.2) is 0 Å². The number of carbonyl (C=O) groups is 1. The number of nitrogens with zero attached hydrogens (tertiary/aromatic N) is 1. The maximum absolute atomic E-state index is 14.0. The van der Waals surface area contributed by atoms with E-state index in [0.717, 1.165) is 0 Å². The second-order valence-corrected chi connectivity index (χ2v) is 5.30. The number of piperidine rings is 2. The summed E-state index contributed by atoms with van der Waals surface area (Å²) in [5.41, 5.74) is 0.568. The Morgan fingerprint density at radius 2 is 1.70 bits per heavy atom. The van der Waals surface area contributed by atoms with E-state index in [2.05, 4.69) is 5.32 Å². The fourth-order valence-electron chi connectivity index (χ4n) is 2.95. The zero-order valence-corrected chi connectivity index (χ0v) is 11.7. The van der Waals surface area contributed by atoms with Crippen molar-refractivity contribution in [3.63, 3.8) is 0 Å². The molecule has 3 rings (SSSR count). The van der Waals surface area contributed by atoms with E-state index in [9.17, 15) is 13.6 Å². The van der Waals surface area contributed by atoms with Gasteiger partial charge in [0.1, 0.15) is 0 Å². The normalized spacial score (nSPS) is 27.6. The molecule has 1 aromatic rings. The highest BCUT2D eigenvalue weighted by atomic mass is 35.5. The van der Waals surface area contributed by atoms with Gasteiger partial charge in [-0.25, -0.2) is 8.78 Å². The lowest BCUT2D eigenvalue weighted by molar-refractivity contribution is -0.156. The largest absolute Gasteiger partial charge is 0.338 e. The van der Waals surface area contributed by atoms with E-state index in [1.165, 1.54) is 0 Å². The summed E-state index contributed by atoms with van der Waals surface area (Å²) in [4.78, 5) is 13.9. The zero-order valence-electron chi connectivity index (χ0n) is 10.9. The Balaban J connectivity index is 0.00000147. The van der Waals surface area contributed by atoms with Crippen molar-refractivity contribution in [1.82, 2.24) is 10.2 Å². The third kappa shape index (κ3) is 2.52. The minimum absolute atomic E-state index is 0. The van der Waals surface area contributed by atoms with Crippen molar-refractivity contribution in [2.75, 3.05) is 26.2 Å². The van der Waals surface area contributed by atoms with E-state index in [1.54, 1.807) is 29.2 Å². The molecule has 20 heavy (non-hydrogen) atoms. The summed E-state index contributed by atoms with van der Waals surface area (Å²) < 4.78 is 28.0. The van der Waals surface area contributed by atoms with Crippen LogP contribution in [-0.4, -0.2) is 42.9 Å². The van der Waals surface area contributed by atoms with Gasteiger partial charge in [-0.15, -0.1) is 12.4 Å². The van der Waals surface area contributed by atoms with Gasteiger partial charge in [0, 0.05) is 31.7 Å². The number of fused-ring (bicyclic) bond motifs is 2. The first-order valence-corrected chi connectivity index (χ1v) is 6.52. The Hall–Kier alpha value is -1.20. The second kappa shape index (κ2) is 5.66. The molecule has 2 saturated heterocycles. The zero-order chi connectivity index (χ0) is 13.5. The van der Waals surface area contributed by atoms with Crippen LogP contribution >= 0.6 is 12.4 Å². The van der Waals surface area contributed by atoms with Gasteiger partial charge in [-0.1, -0.05) is 18.2 Å². The maximum atomic E-state index is 14.0. The second-order valence-electron chi connectivity index (χ2n) is 5.30. The third-order valence-corrected chi connectivity index (χ3v) is 4.06. The minimum atomic E-state index is -2.65. The standard InChI is InChI=1S/C14H16F2N2O.ClH/c15-14(16)11-6-17-7-12(14)9-18(8-11)13(19)10-4-2-1-3-5-10;/h1-5,11-12,17H,6-9H2;1H. The third-order valence-electron chi connectivity index (χ3n) is 4.06. The Kier molecular flexibility index (Phi) is 4.30. The van der Waals surface area contributed by atoms with Crippen molar-refractivity contribution in [2.45, 2.75) is 5.92 Å². The van der Waals surface area contributed by atoms with Crippen LogP contribution in [0.25, 0.3) is 0 Å². The first-order chi connectivity index (χ1) is 9.09. The lowest BCUT2D eigenvalue weighted by Crippen LogP contribution is -2.63. The molecule has 6 heteroatoms. The maximum Gasteiger partial charge on any atom is 0.259 e. The first-order valence-electron chi connectivity index (χ1n) is 6.52. The van der Waals surface area contributed by atoms with E-state index < -0.39 is 17.8 Å². The number of hydrogen-bond donors (Lipinski definition) is 1. The van der Waals surface area contributed by atoms with Crippen molar-refractivity contribution in [2.24, 2.45) is 11.8 Å². The molecule has 3 nitrogen and oxygen atoms in total. The number of alkyl halides is 2. The summed E-state index contributed by atoms with van der Waals surface area (Å²) in [7, 11) is 0. The summed E-state index contributed by atoms with van der Waals surface area (Å²) in [5.74, 6) is -4.34. The first kappa shape index (κ1) is 15.2. The van der Waals surface area contributed by atoms with Gasteiger partial charge in [-0.3, -0.25) is 4.79 Å². The van der Waals surface area contributed by atoms with Crippen LogP contribution in [0.15, 0.2) is 30.3 Å². The molecule has 2 aliphatic rings. The summed E-state index contributed by atoms with van der Waals surface area (Å²) >= 11 is 0. The highest BCUT2D eigenvalue weighted by Crippen LogP contribution is 2.40. The quantitative estimate of drug-likeness (QED) is 0.861. The Morgan fingerprint density at radius 1 is 1.15 bits per heavy atom. The molecule has 1 aromatic carbocycles. The molecule has 0 aliphatic carbocycles. The number of halogens is 3. The molecule has 1 N–H and O–H groups in total. The molecule has 2 fully saturated rings. The van der Waals surface area contributed by atoms with E-state index >= 15 is 0 Å². The average molecular weight is 303 g/mol. The molecule has 2 atom stereocenters. The molecule has 2 heterocycles. The highest BCUT2D eigenvalue weighted by molar-refractivity contribution is 5.94. The van der Waals surface area contributed by atoms with Gasteiger partial charge in [0.05, 0.1) is 11.8 Å². The molecule has 2 bridgehead atoms. The predicted molar refractivity (Wildman–Crippen MR) is 74.4 cm³/mol. The topological polar surface area (TPSA) is 32.3 Å². The van der Waals surface area contributed by atoms with E-state index in [1.807, 2.05) is 6.07 Å². The van der Waals surface area contributed by atoms with Gasteiger partial charge in [0.2, 0.25) is 0 Å². The fourth-order valence-corrected chi connectivity index (χ4v) is 2.95. The van der Waals surface area contributed by atoms with Crippen LogP contribution in [0.1, 0.15) is 10.4 Å². The monoisotopic (exact) mass is 302 g/mol. The van der Waals surface area contributed by atoms with Gasteiger partial charge in [-0.05, 0) is 12.1 Å². The predicted octanol–water partition coefficient (Wildman–Crippen LogP) is 2.04. The van der Waals surface area contributed by atoms with Crippen LogP contribution in [0.3, 0.4) is 0 Å². The molecule has 0 radical (unpaired) electrons. The molecular formula is C14H17ClF2N2O. The fraction of sp³-hybridized carbons (Fsp3) is 0.500. The molecule has 0 spiro atoms. The smallest absolute Gasteiger partial charge is 0.259 e. The number of benzene rings is 1. The highest BCUT2D eigenvalue weighted by Gasteiger charge is 2.54. The number of amides is 1. The average Bonchev–Trinajstić information content (AvgIpc) is 2.37. The van der Waals surface area contributed by atoms with E-state index in [-0.39, 0.29) is 44.5 Å². The van der Waals surface area contributed by atoms with Gasteiger partial charge in [-0.2, -0.15) is 0 Å². The van der Waals surface area contributed by atoms with Crippen LogP contribution in [0.4, 0.5) is 8.78 Å². The van der Waals surface area contributed by atoms with Crippen LogP contribution in [0.5, 0.6) is 0 Å². The SMILES string of the molecule is Cl.O=C(c1ccccc1)N1CC2CNCC(C1)C2(F)F. The van der Waals surface area contributed by atoms with Crippen LogP contribution in [-0.2, 0) is 0 Å². The summed E-state index contributed by atoms with van der Waals surface area (Å²) in [6, 6.07) is 8.86. The Morgan fingerprint density at radius 3 is 2.25 bits per heavy atom. The van der Waals surface area contributed by atoms with Crippen molar-refractivity contribution in [1.29, 1.82) is 0 Å². The molecule has 2 unspecified atom stereocenters. The van der Waals surface area contributed by atoms with E-state index in [0.29, 0.717) is 5.56 Å². The minimum Gasteiger partial charge on any atom is -0.338 e. The van der Waals surface area contributed by atoms with Gasteiger partial charge < -0.3 is 10.2 Å². The van der Waals surface area contributed by atoms with Crippen LogP contribution in [0, 0.1) is 11.8 Å². The molecule has 0 saturated carbocycles. The number of likely N-dealkylation sites (tertiary alicyclic amines) is 1. The van der Waals surface area contributed by atoms with Crippen LogP contribution in [0.2, 0.25) is 0 Å². The summed E-state index contributed by atoms with van der Waals surface area (Å²) in [6.45, 7) is 0.818. The van der Waals surface area contributed by atoms with Crippen molar-refractivity contribution >= 4 is 18.3 Å². The molecule has 110 valence electrons. The summed E-state index contributed by atoms with van der Waals surface area (Å²) in [5, 5.41) is 3.02. The number of nitrogens with one attached hydrogen (secondary N) is 1. The molecule has 0 aromatic heterocycles. The van der Waals surface area contributed by atoms with Crippen molar-refractivity contribution in [3.05, 3.63) is 35.9 Å². The van der Waals surface area contributed by atoms with Crippen molar-refractivity contribution < 1.29 is 13.6 Å². The Labute approximate surface area is 122 Å². The van der Waals surface area contributed by atoms with Gasteiger partial charge in [0.25, 0.3) is 11.8 Å². The van der Waals surface area contributed by atoms with Crippen molar-refractivity contribution in [3.8, 4) is 0 Å². The lowest BCUT2D eigenvalue weighted by Gasteiger charge is -2.47. The van der Waals surface area contributed by atoms with Crippen LogP contribution < -0.4 is 5.32 Å². The number of carbonyl (C=O) groups excluding carboxylic acids is 1. The van der Waals surface area contributed by atoms with E-state index in [4.69, 9.17) is 0 Å². The Bertz CT molecular complexity index is 467. The molecule has 2 aliphatic heterocycles. The summed E-state index contributed by atoms with van der Waals surface area (Å²) in [6.07, 6.45) is 0. The lowest BCUT2D eigenvalue weighted by atomic mass is 9.81. The van der Waals surface area contributed by atoms with Gasteiger partial charge >= 0.3 is 0 Å². The molecular weight excluding hydrogens is 286 g/mol. The number of hydrogen-bond acceptors (Lipinski definition) is 2.